The van der Waals surface area contributed by atoms with Crippen LogP contribution in [0.25, 0.3) is 59.9 Å². The number of anilines is 1. The van der Waals surface area contributed by atoms with Crippen molar-refractivity contribution < 1.29 is 4.74 Å². The highest BCUT2D eigenvalue weighted by Gasteiger charge is 2.32. The first-order valence-electron chi connectivity index (χ1n) is 16.4. The van der Waals surface area contributed by atoms with Crippen molar-refractivity contribution in [3.8, 4) is 16.9 Å². The summed E-state index contributed by atoms with van der Waals surface area (Å²) in [7, 11) is 1.98. The number of rotatable bonds is 5. The molecule has 0 spiro atoms. The Kier molecular flexibility index (Phi) is 6.80. The maximum absolute atomic E-state index is 6.77. The molecule has 4 nitrogen and oxygen atoms in total. The Morgan fingerprint density at radius 3 is 1.78 bits per heavy atom. The van der Waals surface area contributed by atoms with Crippen LogP contribution >= 0.6 is 0 Å². The van der Waals surface area contributed by atoms with Gasteiger partial charge in [-0.1, -0.05) is 127 Å². The van der Waals surface area contributed by atoms with Gasteiger partial charge < -0.3 is 10.1 Å². The fraction of sp³-hybridized carbons (Fsp3) is 0.0222. The normalized spacial score (nSPS) is 14.3. The van der Waals surface area contributed by atoms with Gasteiger partial charge in [0.25, 0.3) is 0 Å². The lowest BCUT2D eigenvalue weighted by Gasteiger charge is -2.18. The van der Waals surface area contributed by atoms with Crippen LogP contribution in [0.15, 0.2) is 167 Å². The largest absolute Gasteiger partial charge is 0.452 e. The average Bonchev–Trinajstić information content (AvgIpc) is 3.52. The topological polar surface area (TPSA) is 46.0 Å². The minimum absolute atomic E-state index is 0.586. The molecule has 0 bridgehead atoms. The van der Waals surface area contributed by atoms with E-state index in [0.717, 1.165) is 82.8 Å². The number of fused-ring (bicyclic) bond motifs is 6. The molecule has 0 fully saturated rings. The van der Waals surface area contributed by atoms with Crippen LogP contribution in [0.1, 0.15) is 11.1 Å². The van der Waals surface area contributed by atoms with Crippen LogP contribution in [-0.2, 0) is 0 Å². The molecule has 232 valence electrons. The SMILES string of the molecule is C=N/C(=C1/Oc2ccc3ccccc3c2/C1=N/c1ccc2ccccc2c1-c1c(NC)ccc2ccccc12)c1ccc2ccccc2c1. The molecule has 1 heterocycles. The predicted octanol–water partition coefficient (Wildman–Crippen LogP) is 11.6. The molecule has 8 aromatic rings. The molecule has 0 atom stereocenters. The zero-order chi connectivity index (χ0) is 32.9. The fourth-order valence-electron chi connectivity index (χ4n) is 7.24. The first kappa shape index (κ1) is 28.7. The van der Waals surface area contributed by atoms with E-state index in [1.807, 2.05) is 13.1 Å². The van der Waals surface area contributed by atoms with Crippen LogP contribution in [0, 0.1) is 0 Å². The molecule has 1 aliphatic rings. The highest BCUT2D eigenvalue weighted by Crippen LogP contribution is 2.47. The summed E-state index contributed by atoms with van der Waals surface area (Å²) in [5, 5.41) is 12.5. The maximum Gasteiger partial charge on any atom is 0.180 e. The molecule has 1 N–H and O–H groups in total. The number of aliphatic imine (C=N–C) groups is 2. The summed E-state index contributed by atoms with van der Waals surface area (Å²) in [5.41, 5.74) is 7.27. The standard InChI is InChI=1S/C45H31N3O/c1-46-37-24-21-29-12-5-8-16-34(29)40(37)41-35-17-9-6-13-30(35)22-25-38(41)48-44-42-36-18-10-7-14-31(36)23-26-39(42)49-45(44)43(47-2)33-20-19-28-11-3-4-15-32(28)27-33/h3-27,46H,2H2,1H3/b45-43+,48-44-. The Hall–Kier alpha value is -6.52. The Labute approximate surface area is 284 Å². The van der Waals surface area contributed by atoms with Crippen molar-refractivity contribution in [2.75, 3.05) is 12.4 Å². The predicted molar refractivity (Wildman–Crippen MR) is 208 cm³/mol. The molecule has 8 aromatic carbocycles. The summed E-state index contributed by atoms with van der Waals surface area (Å²) >= 11 is 0. The number of nitrogens with zero attached hydrogens (tertiary/aromatic N) is 2. The Bertz CT molecular complexity index is 2700. The number of ether oxygens (including phenoxy) is 1. The van der Waals surface area contributed by atoms with Gasteiger partial charge in [-0.3, -0.25) is 4.99 Å². The van der Waals surface area contributed by atoms with E-state index in [0.29, 0.717) is 11.5 Å². The van der Waals surface area contributed by atoms with Gasteiger partial charge >= 0.3 is 0 Å². The number of hydrogen-bond donors (Lipinski definition) is 1. The zero-order valence-corrected chi connectivity index (χ0v) is 26.9. The van der Waals surface area contributed by atoms with E-state index in [4.69, 9.17) is 9.73 Å². The Balaban J connectivity index is 1.39. The van der Waals surface area contributed by atoms with Gasteiger partial charge in [0.1, 0.15) is 17.2 Å². The summed E-state index contributed by atoms with van der Waals surface area (Å²) in [6.07, 6.45) is 0. The van der Waals surface area contributed by atoms with E-state index in [1.54, 1.807) is 0 Å². The van der Waals surface area contributed by atoms with Gasteiger partial charge in [-0.15, -0.1) is 0 Å². The van der Waals surface area contributed by atoms with Crippen molar-refractivity contribution >= 4 is 72.6 Å². The van der Waals surface area contributed by atoms with Crippen molar-refractivity contribution in [2.24, 2.45) is 9.98 Å². The second-order valence-corrected chi connectivity index (χ2v) is 12.3. The minimum Gasteiger partial charge on any atom is -0.452 e. The van der Waals surface area contributed by atoms with E-state index in [-0.39, 0.29) is 0 Å². The number of benzene rings is 8. The van der Waals surface area contributed by atoms with Gasteiger partial charge in [-0.2, -0.15) is 0 Å². The van der Waals surface area contributed by atoms with E-state index in [2.05, 4.69) is 163 Å². The molecule has 0 saturated carbocycles. The van der Waals surface area contributed by atoms with Crippen LogP contribution in [0.5, 0.6) is 5.75 Å². The highest BCUT2D eigenvalue weighted by molar-refractivity contribution is 6.26. The number of allylic oxidation sites excluding steroid dienone is 1. The van der Waals surface area contributed by atoms with Gasteiger partial charge in [0.15, 0.2) is 5.76 Å². The van der Waals surface area contributed by atoms with Crippen molar-refractivity contribution in [1.29, 1.82) is 0 Å². The molecule has 0 unspecified atom stereocenters. The molecule has 49 heavy (non-hydrogen) atoms. The zero-order valence-electron chi connectivity index (χ0n) is 26.9. The van der Waals surface area contributed by atoms with E-state index < -0.39 is 0 Å². The maximum atomic E-state index is 6.77. The third-order valence-corrected chi connectivity index (χ3v) is 9.54. The molecular weight excluding hydrogens is 599 g/mol. The van der Waals surface area contributed by atoms with Crippen LogP contribution in [-0.4, -0.2) is 19.5 Å². The number of hydrogen-bond acceptors (Lipinski definition) is 4. The summed E-state index contributed by atoms with van der Waals surface area (Å²) in [6.45, 7) is 4.04. The Morgan fingerprint density at radius 1 is 0.551 bits per heavy atom. The van der Waals surface area contributed by atoms with Crippen molar-refractivity contribution in [3.05, 3.63) is 169 Å². The second-order valence-electron chi connectivity index (χ2n) is 12.3. The summed E-state index contributed by atoms with van der Waals surface area (Å²) in [6, 6.07) is 52.9. The third kappa shape index (κ3) is 4.68. The average molecular weight is 630 g/mol. The lowest BCUT2D eigenvalue weighted by Crippen LogP contribution is -2.05. The molecule has 0 saturated heterocycles. The van der Waals surface area contributed by atoms with Crippen LogP contribution in [0.2, 0.25) is 0 Å². The minimum atomic E-state index is 0.586. The first-order valence-corrected chi connectivity index (χ1v) is 16.4. The highest BCUT2D eigenvalue weighted by atomic mass is 16.5. The fourth-order valence-corrected chi connectivity index (χ4v) is 7.24. The van der Waals surface area contributed by atoms with Gasteiger partial charge in [0.2, 0.25) is 0 Å². The first-order chi connectivity index (χ1) is 24.2. The van der Waals surface area contributed by atoms with Crippen LogP contribution in [0.3, 0.4) is 0 Å². The van der Waals surface area contributed by atoms with E-state index >= 15 is 0 Å². The van der Waals surface area contributed by atoms with E-state index in [9.17, 15) is 0 Å². The van der Waals surface area contributed by atoms with Gasteiger partial charge in [-0.25, -0.2) is 4.99 Å². The van der Waals surface area contributed by atoms with Crippen molar-refractivity contribution in [1.82, 2.24) is 0 Å². The lowest BCUT2D eigenvalue weighted by atomic mass is 9.91. The quantitative estimate of drug-likeness (QED) is 0.193. The van der Waals surface area contributed by atoms with Gasteiger partial charge in [-0.05, 0) is 74.1 Å². The van der Waals surface area contributed by atoms with Crippen molar-refractivity contribution in [2.45, 2.75) is 0 Å². The second kappa shape index (κ2) is 11.6. The molecular formula is C45H31N3O. The lowest BCUT2D eigenvalue weighted by molar-refractivity contribution is 0.471. The molecule has 0 aliphatic carbocycles. The molecule has 4 heteroatoms. The number of nitrogens with one attached hydrogen (secondary N) is 1. The molecule has 0 radical (unpaired) electrons. The van der Waals surface area contributed by atoms with Gasteiger partial charge in [0, 0.05) is 29.4 Å². The van der Waals surface area contributed by atoms with E-state index in [1.165, 1.54) is 5.39 Å². The van der Waals surface area contributed by atoms with Crippen LogP contribution < -0.4 is 10.1 Å². The summed E-state index contributed by atoms with van der Waals surface area (Å²) in [4.78, 5) is 10.2. The molecule has 0 amide bonds. The van der Waals surface area contributed by atoms with Gasteiger partial charge in [0.05, 0.1) is 11.3 Å². The summed E-state index contributed by atoms with van der Waals surface area (Å²) in [5.74, 6) is 1.33. The molecule has 9 rings (SSSR count). The molecule has 0 aromatic heterocycles. The monoisotopic (exact) mass is 629 g/mol. The smallest absolute Gasteiger partial charge is 0.180 e. The third-order valence-electron chi connectivity index (χ3n) is 9.54. The Morgan fingerprint density at radius 2 is 1.10 bits per heavy atom. The van der Waals surface area contributed by atoms with Crippen LogP contribution in [0.4, 0.5) is 11.4 Å². The molecule has 1 aliphatic heterocycles. The van der Waals surface area contributed by atoms with Crippen molar-refractivity contribution in [3.63, 3.8) is 0 Å². The summed E-state index contributed by atoms with van der Waals surface area (Å²) < 4.78 is 6.77.